The summed E-state index contributed by atoms with van der Waals surface area (Å²) in [4.78, 5) is 11.9. The van der Waals surface area contributed by atoms with Gasteiger partial charge in [-0.1, -0.05) is 18.2 Å². The number of hydrogen-bond donors (Lipinski definition) is 2. The molecule has 1 aliphatic heterocycles. The van der Waals surface area contributed by atoms with Gasteiger partial charge in [-0.25, -0.2) is 4.79 Å². The first-order valence-corrected chi connectivity index (χ1v) is 7.21. The number of carbonyl (C=O) groups is 1. The number of urea groups is 1. The first kappa shape index (κ1) is 14.3. The molecule has 0 spiro atoms. The van der Waals surface area contributed by atoms with E-state index in [-0.39, 0.29) is 6.03 Å². The van der Waals surface area contributed by atoms with Crippen LogP contribution in [-0.2, 0) is 6.54 Å². The summed E-state index contributed by atoms with van der Waals surface area (Å²) >= 11 is 0. The second-order valence-corrected chi connectivity index (χ2v) is 5.16. The van der Waals surface area contributed by atoms with E-state index in [0.29, 0.717) is 19.8 Å². The minimum absolute atomic E-state index is 0.236. The average Bonchev–Trinajstić information content (AvgIpc) is 2.53. The van der Waals surface area contributed by atoms with Gasteiger partial charge in [0.25, 0.3) is 0 Å². The summed E-state index contributed by atoms with van der Waals surface area (Å²) in [7, 11) is 0. The second kappa shape index (κ2) is 6.39. The van der Waals surface area contributed by atoms with Crippen molar-refractivity contribution in [1.82, 2.24) is 5.32 Å². The molecule has 114 valence electrons. The van der Waals surface area contributed by atoms with E-state index in [0.717, 1.165) is 28.3 Å². The lowest BCUT2D eigenvalue weighted by atomic mass is 10.2. The third-order valence-electron chi connectivity index (χ3n) is 3.34. The molecule has 1 aliphatic rings. The summed E-state index contributed by atoms with van der Waals surface area (Å²) in [6, 6.07) is 13.1. The zero-order chi connectivity index (χ0) is 15.4. The van der Waals surface area contributed by atoms with E-state index in [2.05, 4.69) is 10.6 Å². The van der Waals surface area contributed by atoms with Crippen LogP contribution in [0.25, 0.3) is 0 Å². The number of benzene rings is 2. The Morgan fingerprint density at radius 1 is 1.09 bits per heavy atom. The Hall–Kier alpha value is -2.69. The molecular weight excluding hydrogens is 280 g/mol. The number of aryl methyl sites for hydroxylation is 1. The maximum atomic E-state index is 11.9. The molecule has 0 unspecified atom stereocenters. The molecule has 0 saturated carbocycles. The highest BCUT2D eigenvalue weighted by Crippen LogP contribution is 2.30. The zero-order valence-electron chi connectivity index (χ0n) is 12.4. The summed E-state index contributed by atoms with van der Waals surface area (Å²) in [5.74, 6) is 1.48. The number of amides is 2. The van der Waals surface area contributed by atoms with Crippen molar-refractivity contribution in [3.05, 3.63) is 53.6 Å². The van der Waals surface area contributed by atoms with Crippen LogP contribution in [0.15, 0.2) is 42.5 Å². The van der Waals surface area contributed by atoms with Crippen LogP contribution >= 0.6 is 0 Å². The highest BCUT2D eigenvalue weighted by atomic mass is 16.6. The van der Waals surface area contributed by atoms with Crippen molar-refractivity contribution in [3.8, 4) is 11.5 Å². The molecule has 5 heteroatoms. The Balaban J connectivity index is 1.57. The van der Waals surface area contributed by atoms with Gasteiger partial charge in [0, 0.05) is 12.2 Å². The fraction of sp³-hybridized carbons (Fsp3) is 0.235. The largest absolute Gasteiger partial charge is 0.486 e. The molecule has 0 aromatic heterocycles. The summed E-state index contributed by atoms with van der Waals surface area (Å²) in [5.41, 5.74) is 2.84. The van der Waals surface area contributed by atoms with Gasteiger partial charge < -0.3 is 20.1 Å². The van der Waals surface area contributed by atoms with Gasteiger partial charge in [0.1, 0.15) is 13.2 Å². The Labute approximate surface area is 129 Å². The van der Waals surface area contributed by atoms with Crippen molar-refractivity contribution in [1.29, 1.82) is 0 Å². The second-order valence-electron chi connectivity index (χ2n) is 5.16. The molecular formula is C17H18N2O3. The highest BCUT2D eigenvalue weighted by molar-refractivity contribution is 5.89. The minimum atomic E-state index is -0.236. The van der Waals surface area contributed by atoms with E-state index in [1.54, 1.807) is 0 Å². The molecule has 0 aliphatic carbocycles. The predicted octanol–water partition coefficient (Wildman–Crippen LogP) is 3.09. The number of anilines is 1. The maximum Gasteiger partial charge on any atom is 0.319 e. The topological polar surface area (TPSA) is 59.6 Å². The van der Waals surface area contributed by atoms with Gasteiger partial charge in [0.2, 0.25) is 0 Å². The van der Waals surface area contributed by atoms with Crippen molar-refractivity contribution in [2.24, 2.45) is 0 Å². The molecule has 3 rings (SSSR count). The fourth-order valence-electron chi connectivity index (χ4n) is 2.28. The van der Waals surface area contributed by atoms with Gasteiger partial charge in [0.15, 0.2) is 11.5 Å². The van der Waals surface area contributed by atoms with E-state index in [4.69, 9.17) is 9.47 Å². The molecule has 2 aromatic rings. The minimum Gasteiger partial charge on any atom is -0.486 e. The molecule has 0 atom stereocenters. The maximum absolute atomic E-state index is 11.9. The number of nitrogens with one attached hydrogen (secondary N) is 2. The van der Waals surface area contributed by atoms with Crippen LogP contribution < -0.4 is 20.1 Å². The lowest BCUT2D eigenvalue weighted by Crippen LogP contribution is -2.28. The molecule has 0 radical (unpaired) electrons. The number of ether oxygens (including phenoxy) is 2. The van der Waals surface area contributed by atoms with Crippen molar-refractivity contribution >= 4 is 11.7 Å². The standard InChI is InChI=1S/C17H18N2O3/c1-12-3-2-4-14(9-12)19-17(20)18-11-13-5-6-15-16(10-13)22-8-7-21-15/h2-6,9-10H,7-8,11H2,1H3,(H2,18,19,20). The van der Waals surface area contributed by atoms with E-state index in [1.807, 2.05) is 49.4 Å². The quantitative estimate of drug-likeness (QED) is 0.915. The zero-order valence-corrected chi connectivity index (χ0v) is 12.4. The fourth-order valence-corrected chi connectivity index (χ4v) is 2.28. The van der Waals surface area contributed by atoms with Crippen LogP contribution in [0.1, 0.15) is 11.1 Å². The Kier molecular flexibility index (Phi) is 4.14. The van der Waals surface area contributed by atoms with Crippen LogP contribution in [0.3, 0.4) is 0 Å². The van der Waals surface area contributed by atoms with Crippen LogP contribution in [-0.4, -0.2) is 19.2 Å². The number of fused-ring (bicyclic) bond motifs is 1. The van der Waals surface area contributed by atoms with Crippen LogP contribution in [0.2, 0.25) is 0 Å². The van der Waals surface area contributed by atoms with Crippen LogP contribution in [0.4, 0.5) is 10.5 Å². The third kappa shape index (κ3) is 3.49. The summed E-state index contributed by atoms with van der Waals surface area (Å²) in [6.45, 7) is 3.54. The Bertz CT molecular complexity index is 685. The van der Waals surface area contributed by atoms with E-state index >= 15 is 0 Å². The summed E-state index contributed by atoms with van der Waals surface area (Å²) in [5, 5.41) is 5.64. The Morgan fingerprint density at radius 3 is 2.73 bits per heavy atom. The average molecular weight is 298 g/mol. The van der Waals surface area contributed by atoms with Crippen molar-refractivity contribution in [2.75, 3.05) is 18.5 Å². The molecule has 2 aromatic carbocycles. The number of rotatable bonds is 3. The lowest BCUT2D eigenvalue weighted by molar-refractivity contribution is 0.171. The van der Waals surface area contributed by atoms with Crippen molar-refractivity contribution < 1.29 is 14.3 Å². The first-order chi connectivity index (χ1) is 10.7. The van der Waals surface area contributed by atoms with Gasteiger partial charge in [0.05, 0.1) is 0 Å². The SMILES string of the molecule is Cc1cccc(NC(=O)NCc2ccc3c(c2)OCCO3)c1. The first-order valence-electron chi connectivity index (χ1n) is 7.21. The highest BCUT2D eigenvalue weighted by Gasteiger charge is 2.12. The smallest absolute Gasteiger partial charge is 0.319 e. The van der Waals surface area contributed by atoms with Gasteiger partial charge in [-0.15, -0.1) is 0 Å². The van der Waals surface area contributed by atoms with Gasteiger partial charge in [-0.2, -0.15) is 0 Å². The number of hydrogen-bond acceptors (Lipinski definition) is 3. The predicted molar refractivity (Wildman–Crippen MR) is 84.5 cm³/mol. The van der Waals surface area contributed by atoms with Gasteiger partial charge in [-0.05, 0) is 42.3 Å². The lowest BCUT2D eigenvalue weighted by Gasteiger charge is -2.19. The number of carbonyl (C=O) groups excluding carboxylic acids is 1. The molecule has 0 fully saturated rings. The molecule has 2 N–H and O–H groups in total. The Morgan fingerprint density at radius 2 is 1.91 bits per heavy atom. The summed E-state index contributed by atoms with van der Waals surface area (Å²) < 4.78 is 11.0. The molecule has 1 heterocycles. The molecule has 5 nitrogen and oxygen atoms in total. The molecule has 22 heavy (non-hydrogen) atoms. The van der Waals surface area contributed by atoms with E-state index < -0.39 is 0 Å². The van der Waals surface area contributed by atoms with Gasteiger partial charge >= 0.3 is 6.03 Å². The van der Waals surface area contributed by atoms with Crippen LogP contribution in [0, 0.1) is 6.92 Å². The normalized spacial score (nSPS) is 12.6. The van der Waals surface area contributed by atoms with Gasteiger partial charge in [-0.3, -0.25) is 0 Å². The third-order valence-corrected chi connectivity index (χ3v) is 3.34. The monoisotopic (exact) mass is 298 g/mol. The molecule has 2 amide bonds. The van der Waals surface area contributed by atoms with E-state index in [9.17, 15) is 4.79 Å². The molecule has 0 saturated heterocycles. The summed E-state index contributed by atoms with van der Waals surface area (Å²) in [6.07, 6.45) is 0. The van der Waals surface area contributed by atoms with Crippen molar-refractivity contribution in [2.45, 2.75) is 13.5 Å². The van der Waals surface area contributed by atoms with E-state index in [1.165, 1.54) is 0 Å². The van der Waals surface area contributed by atoms with Crippen LogP contribution in [0.5, 0.6) is 11.5 Å². The van der Waals surface area contributed by atoms with Crippen molar-refractivity contribution in [3.63, 3.8) is 0 Å². The molecule has 0 bridgehead atoms.